The van der Waals surface area contributed by atoms with E-state index < -0.39 is 0 Å². The first-order chi connectivity index (χ1) is 7.81. The SMILES string of the molecule is CCCNCC(OCC(C)(C)N(C)C)C(C)C. The molecule has 3 nitrogen and oxygen atoms in total. The summed E-state index contributed by atoms with van der Waals surface area (Å²) in [4.78, 5) is 2.21. The summed E-state index contributed by atoms with van der Waals surface area (Å²) in [5.41, 5.74) is 0.0951. The first-order valence-corrected chi connectivity index (χ1v) is 6.81. The molecule has 0 aliphatic rings. The van der Waals surface area contributed by atoms with Gasteiger partial charge in [-0.1, -0.05) is 20.8 Å². The quantitative estimate of drug-likeness (QED) is 0.630. The molecule has 1 unspecified atom stereocenters. The summed E-state index contributed by atoms with van der Waals surface area (Å²) in [6.07, 6.45) is 1.48. The predicted molar refractivity (Wildman–Crippen MR) is 75.5 cm³/mol. The summed E-state index contributed by atoms with van der Waals surface area (Å²) < 4.78 is 6.07. The van der Waals surface area contributed by atoms with Gasteiger partial charge in [0.2, 0.25) is 0 Å². The van der Waals surface area contributed by atoms with Crippen molar-refractivity contribution in [1.29, 1.82) is 0 Å². The van der Waals surface area contributed by atoms with Crippen molar-refractivity contribution >= 4 is 0 Å². The fraction of sp³-hybridized carbons (Fsp3) is 1.00. The largest absolute Gasteiger partial charge is 0.375 e. The van der Waals surface area contributed by atoms with Gasteiger partial charge in [0, 0.05) is 12.1 Å². The van der Waals surface area contributed by atoms with Crippen LogP contribution in [-0.4, -0.2) is 50.3 Å². The maximum absolute atomic E-state index is 6.07. The minimum absolute atomic E-state index is 0.0951. The summed E-state index contributed by atoms with van der Waals surface area (Å²) in [6, 6.07) is 0. The van der Waals surface area contributed by atoms with Gasteiger partial charge in [0.1, 0.15) is 0 Å². The van der Waals surface area contributed by atoms with Crippen molar-refractivity contribution in [1.82, 2.24) is 10.2 Å². The van der Waals surface area contributed by atoms with Crippen LogP contribution in [0.4, 0.5) is 0 Å². The van der Waals surface area contributed by atoms with Crippen LogP contribution in [0.2, 0.25) is 0 Å². The molecule has 17 heavy (non-hydrogen) atoms. The molecule has 0 saturated carbocycles. The molecular weight excluding hydrogens is 212 g/mol. The molecule has 0 saturated heterocycles. The first kappa shape index (κ1) is 16.9. The summed E-state index contributed by atoms with van der Waals surface area (Å²) in [5, 5.41) is 3.44. The fourth-order valence-corrected chi connectivity index (χ4v) is 1.35. The van der Waals surface area contributed by atoms with Gasteiger partial charge in [0.05, 0.1) is 12.7 Å². The van der Waals surface area contributed by atoms with Gasteiger partial charge >= 0.3 is 0 Å². The second-order valence-electron chi connectivity index (χ2n) is 6.00. The van der Waals surface area contributed by atoms with Crippen LogP contribution in [0.1, 0.15) is 41.0 Å². The number of hydrogen-bond donors (Lipinski definition) is 1. The van der Waals surface area contributed by atoms with Gasteiger partial charge in [-0.2, -0.15) is 0 Å². The highest BCUT2D eigenvalue weighted by Crippen LogP contribution is 2.14. The summed E-state index contributed by atoms with van der Waals surface area (Å²) in [5.74, 6) is 0.553. The van der Waals surface area contributed by atoms with Crippen LogP contribution in [-0.2, 0) is 4.74 Å². The van der Waals surface area contributed by atoms with Crippen molar-refractivity contribution < 1.29 is 4.74 Å². The van der Waals surface area contributed by atoms with E-state index in [0.29, 0.717) is 12.0 Å². The average Bonchev–Trinajstić information content (AvgIpc) is 2.22. The van der Waals surface area contributed by atoms with E-state index in [1.165, 1.54) is 6.42 Å². The van der Waals surface area contributed by atoms with Crippen molar-refractivity contribution in [3.05, 3.63) is 0 Å². The van der Waals surface area contributed by atoms with Gasteiger partial charge in [-0.05, 0) is 46.8 Å². The number of rotatable bonds is 9. The van der Waals surface area contributed by atoms with Crippen molar-refractivity contribution in [2.45, 2.75) is 52.7 Å². The molecule has 0 spiro atoms. The molecule has 0 radical (unpaired) electrons. The number of likely N-dealkylation sites (N-methyl/N-ethyl adjacent to an activating group) is 1. The molecule has 1 N–H and O–H groups in total. The monoisotopic (exact) mass is 244 g/mol. The average molecular weight is 244 g/mol. The number of nitrogens with one attached hydrogen (secondary N) is 1. The van der Waals surface area contributed by atoms with Crippen molar-refractivity contribution in [2.24, 2.45) is 5.92 Å². The lowest BCUT2D eigenvalue weighted by Crippen LogP contribution is -2.45. The fourth-order valence-electron chi connectivity index (χ4n) is 1.35. The van der Waals surface area contributed by atoms with E-state index in [4.69, 9.17) is 4.74 Å². The molecular formula is C14H32N2O. The third kappa shape index (κ3) is 7.02. The Morgan fingerprint density at radius 2 is 1.82 bits per heavy atom. The van der Waals surface area contributed by atoms with Gasteiger partial charge < -0.3 is 15.0 Å². The molecule has 0 aromatic carbocycles. The molecule has 0 fully saturated rings. The first-order valence-electron chi connectivity index (χ1n) is 6.81. The summed E-state index contributed by atoms with van der Waals surface area (Å²) >= 11 is 0. The van der Waals surface area contributed by atoms with Crippen LogP contribution in [0, 0.1) is 5.92 Å². The third-order valence-electron chi connectivity index (χ3n) is 3.38. The molecule has 0 rings (SSSR count). The molecule has 0 bridgehead atoms. The standard InChI is InChI=1S/C14H32N2O/c1-8-9-15-10-13(12(2)3)17-11-14(4,5)16(6)7/h12-13,15H,8-11H2,1-7H3. The molecule has 104 valence electrons. The lowest BCUT2D eigenvalue weighted by molar-refractivity contribution is -0.0299. The van der Waals surface area contributed by atoms with Crippen LogP contribution >= 0.6 is 0 Å². The molecule has 0 heterocycles. The summed E-state index contributed by atoms with van der Waals surface area (Å²) in [7, 11) is 4.20. The molecule has 0 aromatic rings. The normalized spacial score (nSPS) is 14.6. The Morgan fingerprint density at radius 3 is 2.24 bits per heavy atom. The Hall–Kier alpha value is -0.120. The Labute approximate surface area is 108 Å². The molecule has 0 aliphatic carbocycles. The molecule has 3 heteroatoms. The van der Waals surface area contributed by atoms with E-state index in [1.807, 2.05) is 0 Å². The highest BCUT2D eigenvalue weighted by Gasteiger charge is 2.23. The van der Waals surface area contributed by atoms with Crippen molar-refractivity contribution in [3.63, 3.8) is 0 Å². The number of ether oxygens (including phenoxy) is 1. The Kier molecular flexibility index (Phi) is 8.01. The smallest absolute Gasteiger partial charge is 0.0723 e. The summed E-state index contributed by atoms with van der Waals surface area (Å²) in [6.45, 7) is 13.9. The Bertz CT molecular complexity index is 191. The van der Waals surface area contributed by atoms with Gasteiger partial charge in [-0.3, -0.25) is 0 Å². The van der Waals surface area contributed by atoms with E-state index in [0.717, 1.165) is 19.7 Å². The predicted octanol–water partition coefficient (Wildman–Crippen LogP) is 2.37. The van der Waals surface area contributed by atoms with Gasteiger partial charge in [0.25, 0.3) is 0 Å². The van der Waals surface area contributed by atoms with Crippen molar-refractivity contribution in [2.75, 3.05) is 33.8 Å². The zero-order valence-corrected chi connectivity index (χ0v) is 12.8. The maximum atomic E-state index is 6.07. The molecule has 0 aromatic heterocycles. The van der Waals surface area contributed by atoms with Crippen LogP contribution in [0.3, 0.4) is 0 Å². The zero-order chi connectivity index (χ0) is 13.5. The minimum Gasteiger partial charge on any atom is -0.375 e. The van der Waals surface area contributed by atoms with Gasteiger partial charge in [-0.15, -0.1) is 0 Å². The number of hydrogen-bond acceptors (Lipinski definition) is 3. The highest BCUT2D eigenvalue weighted by molar-refractivity contribution is 4.78. The van der Waals surface area contributed by atoms with Crippen LogP contribution in [0.25, 0.3) is 0 Å². The van der Waals surface area contributed by atoms with E-state index in [1.54, 1.807) is 0 Å². The van der Waals surface area contributed by atoms with Crippen LogP contribution in [0.15, 0.2) is 0 Å². The number of nitrogens with zero attached hydrogens (tertiary/aromatic N) is 1. The lowest BCUT2D eigenvalue weighted by atomic mass is 10.0. The second-order valence-corrected chi connectivity index (χ2v) is 6.00. The molecule has 1 atom stereocenters. The Balaban J connectivity index is 4.09. The van der Waals surface area contributed by atoms with E-state index in [9.17, 15) is 0 Å². The second kappa shape index (κ2) is 8.06. The molecule has 0 aliphatic heterocycles. The van der Waals surface area contributed by atoms with E-state index >= 15 is 0 Å². The lowest BCUT2D eigenvalue weighted by Gasteiger charge is -2.34. The highest BCUT2D eigenvalue weighted by atomic mass is 16.5. The third-order valence-corrected chi connectivity index (χ3v) is 3.38. The zero-order valence-electron chi connectivity index (χ0n) is 12.8. The van der Waals surface area contributed by atoms with Gasteiger partial charge in [0.15, 0.2) is 0 Å². The van der Waals surface area contributed by atoms with E-state index in [-0.39, 0.29) is 5.54 Å². The van der Waals surface area contributed by atoms with Crippen molar-refractivity contribution in [3.8, 4) is 0 Å². The van der Waals surface area contributed by atoms with Crippen LogP contribution < -0.4 is 5.32 Å². The Morgan fingerprint density at radius 1 is 1.24 bits per heavy atom. The van der Waals surface area contributed by atoms with Crippen LogP contribution in [0.5, 0.6) is 0 Å². The molecule has 0 amide bonds. The van der Waals surface area contributed by atoms with E-state index in [2.05, 4.69) is 58.9 Å². The maximum Gasteiger partial charge on any atom is 0.0723 e. The minimum atomic E-state index is 0.0951. The van der Waals surface area contributed by atoms with Gasteiger partial charge in [-0.25, -0.2) is 0 Å². The topological polar surface area (TPSA) is 24.5 Å².